The minimum absolute atomic E-state index is 0.513. The zero-order valence-corrected chi connectivity index (χ0v) is 9.27. The average Bonchev–Trinajstić information content (AvgIpc) is 2.45. The van der Waals surface area contributed by atoms with E-state index < -0.39 is 5.60 Å². The number of rotatable bonds is 1. The highest BCUT2D eigenvalue weighted by Gasteiger charge is 2.28. The van der Waals surface area contributed by atoms with Crippen LogP contribution in [0.15, 0.2) is 6.07 Å². The quantitative estimate of drug-likeness (QED) is 0.702. The molecule has 0 aromatic carbocycles. The summed E-state index contributed by atoms with van der Waals surface area (Å²) in [6.07, 6.45) is 1.58. The van der Waals surface area contributed by atoms with Crippen LogP contribution in [-0.4, -0.2) is 33.6 Å². The van der Waals surface area contributed by atoms with Gasteiger partial charge in [0.25, 0.3) is 0 Å². The number of nitrogens with zero attached hydrogens (tertiary/aromatic N) is 3. The lowest BCUT2D eigenvalue weighted by Crippen LogP contribution is -2.43. The van der Waals surface area contributed by atoms with Gasteiger partial charge >= 0.3 is 0 Å². The van der Waals surface area contributed by atoms with E-state index in [0.29, 0.717) is 5.82 Å². The first kappa shape index (κ1) is 10.3. The van der Waals surface area contributed by atoms with E-state index >= 15 is 0 Å². The molecule has 5 nitrogen and oxygen atoms in total. The van der Waals surface area contributed by atoms with Crippen LogP contribution in [0.2, 0.25) is 0 Å². The molecule has 0 saturated carbocycles. The van der Waals surface area contributed by atoms with Gasteiger partial charge in [0.1, 0.15) is 11.6 Å². The molecule has 0 radical (unpaired) electrons. The van der Waals surface area contributed by atoms with E-state index in [9.17, 15) is 5.11 Å². The van der Waals surface area contributed by atoms with Gasteiger partial charge in [-0.05, 0) is 19.8 Å². The molecular formula is C10H18N4O. The lowest BCUT2D eigenvalue weighted by molar-refractivity contribution is 0.0349. The van der Waals surface area contributed by atoms with Crippen LogP contribution < -0.4 is 10.6 Å². The van der Waals surface area contributed by atoms with Crippen LogP contribution >= 0.6 is 0 Å². The minimum Gasteiger partial charge on any atom is -0.390 e. The van der Waals surface area contributed by atoms with E-state index in [1.165, 1.54) is 0 Å². The second-order valence-corrected chi connectivity index (χ2v) is 4.53. The third-order valence-electron chi connectivity index (χ3n) is 3.04. The molecular weight excluding hydrogens is 192 g/mol. The van der Waals surface area contributed by atoms with E-state index in [4.69, 9.17) is 5.73 Å². The number of nitrogen functional groups attached to an aromatic ring is 1. The fourth-order valence-electron chi connectivity index (χ4n) is 1.99. The molecule has 2 heterocycles. The van der Waals surface area contributed by atoms with E-state index in [0.717, 1.165) is 31.7 Å². The van der Waals surface area contributed by atoms with Crippen molar-refractivity contribution < 1.29 is 5.11 Å². The maximum atomic E-state index is 9.84. The Bertz CT molecular complexity index is 348. The van der Waals surface area contributed by atoms with Crippen LogP contribution in [0.5, 0.6) is 0 Å². The van der Waals surface area contributed by atoms with Gasteiger partial charge in [-0.1, -0.05) is 0 Å². The van der Waals surface area contributed by atoms with Gasteiger partial charge < -0.3 is 15.7 Å². The van der Waals surface area contributed by atoms with Gasteiger partial charge in [-0.25, -0.2) is 0 Å². The Labute approximate surface area is 89.5 Å². The lowest BCUT2D eigenvalue weighted by Gasteiger charge is -2.36. The van der Waals surface area contributed by atoms with Gasteiger partial charge in [0.2, 0.25) is 0 Å². The Balaban J connectivity index is 2.11. The van der Waals surface area contributed by atoms with Crippen LogP contribution in [0.25, 0.3) is 0 Å². The molecule has 84 valence electrons. The zero-order chi connectivity index (χ0) is 11.1. The summed E-state index contributed by atoms with van der Waals surface area (Å²) in [5.74, 6) is 1.58. The Kier molecular flexibility index (Phi) is 2.34. The van der Waals surface area contributed by atoms with Crippen molar-refractivity contribution in [3.05, 3.63) is 6.07 Å². The molecule has 3 N–H and O–H groups in total. The van der Waals surface area contributed by atoms with Crippen molar-refractivity contribution in [3.8, 4) is 0 Å². The number of hydrogen-bond acceptors (Lipinski definition) is 4. The Hall–Kier alpha value is -1.23. The summed E-state index contributed by atoms with van der Waals surface area (Å²) in [5.41, 5.74) is 5.12. The highest BCUT2D eigenvalue weighted by atomic mass is 16.3. The molecule has 5 heteroatoms. The maximum absolute atomic E-state index is 9.84. The summed E-state index contributed by atoms with van der Waals surface area (Å²) in [5, 5.41) is 14.0. The molecule has 1 saturated heterocycles. The number of anilines is 2. The SMILES string of the molecule is Cn1nc(N)cc1N1CCC(C)(O)CC1. The van der Waals surface area contributed by atoms with Gasteiger partial charge in [-0.15, -0.1) is 0 Å². The average molecular weight is 210 g/mol. The third-order valence-corrected chi connectivity index (χ3v) is 3.04. The topological polar surface area (TPSA) is 67.3 Å². The largest absolute Gasteiger partial charge is 0.390 e. The number of aryl methyl sites for hydroxylation is 1. The van der Waals surface area contributed by atoms with E-state index in [-0.39, 0.29) is 0 Å². The molecule has 1 fully saturated rings. The van der Waals surface area contributed by atoms with E-state index in [1.807, 2.05) is 20.0 Å². The third kappa shape index (κ3) is 2.07. The first-order chi connectivity index (χ1) is 6.98. The molecule has 0 unspecified atom stereocenters. The standard InChI is InChI=1S/C10H18N4O/c1-10(15)3-5-14(6-4-10)9-7-8(11)12-13(9)2/h7,15H,3-6H2,1-2H3,(H2,11,12). The summed E-state index contributed by atoms with van der Waals surface area (Å²) in [7, 11) is 1.89. The molecule has 1 aromatic rings. The van der Waals surface area contributed by atoms with Crippen LogP contribution in [0.3, 0.4) is 0 Å². The normalized spacial score (nSPS) is 20.6. The van der Waals surface area contributed by atoms with Crippen molar-refractivity contribution in [1.29, 1.82) is 0 Å². The van der Waals surface area contributed by atoms with Crippen molar-refractivity contribution in [2.75, 3.05) is 23.7 Å². The van der Waals surface area contributed by atoms with Crippen molar-refractivity contribution in [1.82, 2.24) is 9.78 Å². The van der Waals surface area contributed by atoms with Crippen molar-refractivity contribution >= 4 is 11.6 Å². The Morgan fingerprint density at radius 2 is 2.07 bits per heavy atom. The van der Waals surface area contributed by atoms with E-state index in [2.05, 4.69) is 10.00 Å². The molecule has 1 aliphatic rings. The molecule has 0 spiro atoms. The first-order valence-electron chi connectivity index (χ1n) is 5.25. The Morgan fingerprint density at radius 3 is 2.53 bits per heavy atom. The second-order valence-electron chi connectivity index (χ2n) is 4.53. The van der Waals surface area contributed by atoms with Crippen LogP contribution in [0.1, 0.15) is 19.8 Å². The van der Waals surface area contributed by atoms with Crippen molar-refractivity contribution in [2.45, 2.75) is 25.4 Å². The first-order valence-corrected chi connectivity index (χ1v) is 5.25. The lowest BCUT2D eigenvalue weighted by atomic mass is 9.94. The number of aliphatic hydroxyl groups is 1. The molecule has 1 aromatic heterocycles. The number of piperidine rings is 1. The molecule has 0 aliphatic carbocycles. The van der Waals surface area contributed by atoms with Gasteiger partial charge in [0, 0.05) is 26.2 Å². The fourth-order valence-corrected chi connectivity index (χ4v) is 1.99. The maximum Gasteiger partial charge on any atom is 0.147 e. The zero-order valence-electron chi connectivity index (χ0n) is 9.27. The molecule has 15 heavy (non-hydrogen) atoms. The van der Waals surface area contributed by atoms with Gasteiger partial charge in [-0.2, -0.15) is 5.10 Å². The van der Waals surface area contributed by atoms with E-state index in [1.54, 1.807) is 4.68 Å². The molecule has 0 amide bonds. The highest BCUT2D eigenvalue weighted by molar-refractivity contribution is 5.48. The predicted molar refractivity (Wildman–Crippen MR) is 59.7 cm³/mol. The molecule has 2 rings (SSSR count). The predicted octanol–water partition coefficient (Wildman–Crippen LogP) is 0.353. The van der Waals surface area contributed by atoms with Gasteiger partial charge in [-0.3, -0.25) is 4.68 Å². The van der Waals surface area contributed by atoms with Crippen LogP contribution in [0.4, 0.5) is 11.6 Å². The number of nitrogens with two attached hydrogens (primary N) is 1. The van der Waals surface area contributed by atoms with Crippen LogP contribution in [-0.2, 0) is 7.05 Å². The summed E-state index contributed by atoms with van der Waals surface area (Å²) in [6.45, 7) is 3.60. The highest BCUT2D eigenvalue weighted by Crippen LogP contribution is 2.26. The second kappa shape index (κ2) is 3.41. The molecule has 0 bridgehead atoms. The van der Waals surface area contributed by atoms with Crippen molar-refractivity contribution in [2.24, 2.45) is 7.05 Å². The summed E-state index contributed by atoms with van der Waals surface area (Å²) >= 11 is 0. The summed E-state index contributed by atoms with van der Waals surface area (Å²) < 4.78 is 1.79. The number of aromatic nitrogens is 2. The van der Waals surface area contributed by atoms with Gasteiger partial charge in [0.15, 0.2) is 0 Å². The van der Waals surface area contributed by atoms with Crippen LogP contribution in [0, 0.1) is 0 Å². The Morgan fingerprint density at radius 1 is 1.47 bits per heavy atom. The smallest absolute Gasteiger partial charge is 0.147 e. The van der Waals surface area contributed by atoms with Gasteiger partial charge in [0.05, 0.1) is 5.60 Å². The molecule has 1 aliphatic heterocycles. The monoisotopic (exact) mass is 210 g/mol. The molecule has 0 atom stereocenters. The summed E-state index contributed by atoms with van der Waals surface area (Å²) in [6, 6.07) is 1.88. The van der Waals surface area contributed by atoms with Crippen molar-refractivity contribution in [3.63, 3.8) is 0 Å². The summed E-state index contributed by atoms with van der Waals surface area (Å²) in [4.78, 5) is 2.21. The minimum atomic E-state index is -0.513. The fraction of sp³-hybridized carbons (Fsp3) is 0.700. The number of hydrogen-bond donors (Lipinski definition) is 2.